The molecule has 0 amide bonds. The number of nitrogens with zero attached hydrogens (tertiary/aromatic N) is 2. The Morgan fingerprint density at radius 3 is 2.38 bits per heavy atom. The molecular weight excluding hydrogens is 232 g/mol. The summed E-state index contributed by atoms with van der Waals surface area (Å²) in [5, 5.41) is 7.81. The quantitative estimate of drug-likeness (QED) is 0.762. The van der Waals surface area contributed by atoms with Crippen LogP contribution in [0.2, 0.25) is 0 Å². The van der Waals surface area contributed by atoms with E-state index in [9.17, 15) is 0 Å². The van der Waals surface area contributed by atoms with E-state index < -0.39 is 0 Å². The van der Waals surface area contributed by atoms with Crippen molar-refractivity contribution in [3.8, 4) is 5.88 Å². The van der Waals surface area contributed by atoms with Crippen LogP contribution in [-0.4, -0.2) is 17.3 Å². The largest absolute Gasteiger partial charge is 0.480 e. The number of halogens is 1. The Morgan fingerprint density at radius 1 is 1.31 bits per heavy atom. The van der Waals surface area contributed by atoms with E-state index in [-0.39, 0.29) is 5.41 Å². The zero-order valence-electron chi connectivity index (χ0n) is 8.26. The van der Waals surface area contributed by atoms with Gasteiger partial charge in [0.05, 0.1) is 7.11 Å². The first-order chi connectivity index (χ1) is 5.95. The summed E-state index contributed by atoms with van der Waals surface area (Å²) in [4.78, 5) is 0. The minimum absolute atomic E-state index is 0.0437. The predicted molar refractivity (Wildman–Crippen MR) is 55.0 cm³/mol. The molecule has 0 aliphatic rings. The minimum atomic E-state index is 0.0437. The Bertz CT molecular complexity index is 307. The smallest absolute Gasteiger partial charge is 0.233 e. The average Bonchev–Trinajstić information content (AvgIpc) is 2.03. The Morgan fingerprint density at radius 2 is 1.92 bits per heavy atom. The van der Waals surface area contributed by atoms with Crippen LogP contribution in [0.25, 0.3) is 0 Å². The topological polar surface area (TPSA) is 35.0 Å². The molecule has 0 spiro atoms. The number of hydrogen-bond donors (Lipinski definition) is 0. The number of methoxy groups -OCH3 is 1. The lowest BCUT2D eigenvalue weighted by molar-refractivity contribution is 0.388. The molecular formula is C9H13BrN2O. The maximum atomic E-state index is 5.01. The van der Waals surface area contributed by atoms with Crippen molar-refractivity contribution in [2.75, 3.05) is 7.11 Å². The van der Waals surface area contributed by atoms with Crippen molar-refractivity contribution < 1.29 is 4.74 Å². The highest BCUT2D eigenvalue weighted by Gasteiger charge is 2.19. The van der Waals surface area contributed by atoms with Crippen LogP contribution in [0.3, 0.4) is 0 Å². The maximum Gasteiger partial charge on any atom is 0.233 e. The number of ether oxygens (including phenoxy) is 1. The molecule has 0 aliphatic carbocycles. The maximum absolute atomic E-state index is 5.01. The molecule has 4 heteroatoms. The summed E-state index contributed by atoms with van der Waals surface area (Å²) in [6.45, 7) is 6.36. The van der Waals surface area contributed by atoms with E-state index in [1.54, 1.807) is 7.11 Å². The zero-order valence-corrected chi connectivity index (χ0v) is 9.84. The van der Waals surface area contributed by atoms with E-state index in [2.05, 4.69) is 46.9 Å². The van der Waals surface area contributed by atoms with Crippen molar-refractivity contribution in [1.82, 2.24) is 10.2 Å². The van der Waals surface area contributed by atoms with Gasteiger partial charge >= 0.3 is 0 Å². The monoisotopic (exact) mass is 244 g/mol. The molecule has 0 atom stereocenters. The molecule has 0 unspecified atom stereocenters. The second-order valence-electron chi connectivity index (χ2n) is 3.84. The lowest BCUT2D eigenvalue weighted by atomic mass is 9.89. The second-order valence-corrected chi connectivity index (χ2v) is 4.59. The van der Waals surface area contributed by atoms with Crippen molar-refractivity contribution in [3.05, 3.63) is 16.2 Å². The molecule has 0 saturated heterocycles. The summed E-state index contributed by atoms with van der Waals surface area (Å²) in [6.07, 6.45) is 0. The van der Waals surface area contributed by atoms with Crippen molar-refractivity contribution in [2.45, 2.75) is 26.2 Å². The summed E-state index contributed by atoms with van der Waals surface area (Å²) in [5.41, 5.74) is 1.14. The van der Waals surface area contributed by atoms with Gasteiger partial charge in [-0.15, -0.1) is 10.2 Å². The van der Waals surface area contributed by atoms with E-state index in [0.29, 0.717) is 5.88 Å². The molecule has 3 nitrogen and oxygen atoms in total. The van der Waals surface area contributed by atoms with Gasteiger partial charge in [0.2, 0.25) is 5.88 Å². The van der Waals surface area contributed by atoms with Crippen LogP contribution in [0.1, 0.15) is 26.3 Å². The Balaban J connectivity index is 3.19. The van der Waals surface area contributed by atoms with Crippen molar-refractivity contribution in [3.63, 3.8) is 0 Å². The zero-order chi connectivity index (χ0) is 10.1. The van der Waals surface area contributed by atoms with Crippen LogP contribution in [0.15, 0.2) is 10.7 Å². The highest BCUT2D eigenvalue weighted by molar-refractivity contribution is 9.10. The number of aromatic nitrogens is 2. The van der Waals surface area contributed by atoms with Crippen LogP contribution < -0.4 is 4.74 Å². The van der Waals surface area contributed by atoms with Crippen LogP contribution in [0.4, 0.5) is 0 Å². The van der Waals surface area contributed by atoms with Crippen LogP contribution in [0.5, 0.6) is 5.88 Å². The third-order valence-corrected chi connectivity index (χ3v) is 2.33. The summed E-state index contributed by atoms with van der Waals surface area (Å²) in [6, 6.07) is 1.90. The fraction of sp³-hybridized carbons (Fsp3) is 0.556. The molecule has 0 aromatic carbocycles. The number of rotatable bonds is 1. The van der Waals surface area contributed by atoms with E-state index in [1.165, 1.54) is 0 Å². The van der Waals surface area contributed by atoms with Gasteiger partial charge in [-0.3, -0.25) is 0 Å². The summed E-state index contributed by atoms with van der Waals surface area (Å²) < 4.78 is 5.79. The van der Waals surface area contributed by atoms with E-state index in [4.69, 9.17) is 4.74 Å². The molecule has 0 aliphatic heterocycles. The molecule has 1 heterocycles. The molecule has 1 aromatic rings. The molecule has 72 valence electrons. The normalized spacial score (nSPS) is 11.5. The highest BCUT2D eigenvalue weighted by Crippen LogP contribution is 2.29. The van der Waals surface area contributed by atoms with Gasteiger partial charge in [0.25, 0.3) is 0 Å². The molecule has 0 saturated carbocycles. The lowest BCUT2D eigenvalue weighted by Crippen LogP contribution is -2.13. The molecule has 0 N–H and O–H groups in total. The predicted octanol–water partition coefficient (Wildman–Crippen LogP) is 2.55. The molecule has 0 fully saturated rings. The van der Waals surface area contributed by atoms with Gasteiger partial charge in [0.15, 0.2) is 0 Å². The lowest BCUT2D eigenvalue weighted by Gasteiger charge is -2.19. The van der Waals surface area contributed by atoms with E-state index >= 15 is 0 Å². The van der Waals surface area contributed by atoms with Crippen LogP contribution >= 0.6 is 15.9 Å². The fourth-order valence-electron chi connectivity index (χ4n) is 0.985. The first-order valence-electron chi connectivity index (χ1n) is 4.03. The van der Waals surface area contributed by atoms with E-state index in [1.807, 2.05) is 6.07 Å². The first-order valence-corrected chi connectivity index (χ1v) is 4.82. The van der Waals surface area contributed by atoms with Gasteiger partial charge in [-0.1, -0.05) is 20.8 Å². The fourth-order valence-corrected chi connectivity index (χ4v) is 1.77. The van der Waals surface area contributed by atoms with Gasteiger partial charge < -0.3 is 4.74 Å². The van der Waals surface area contributed by atoms with Gasteiger partial charge in [-0.05, 0) is 26.9 Å². The van der Waals surface area contributed by atoms with Gasteiger partial charge in [-0.2, -0.15) is 0 Å². The molecule has 13 heavy (non-hydrogen) atoms. The SMILES string of the molecule is COc1cc(C(C)(C)C)c(Br)nn1. The molecule has 1 aromatic heterocycles. The first kappa shape index (κ1) is 10.4. The van der Waals surface area contributed by atoms with E-state index in [0.717, 1.165) is 10.2 Å². The standard InChI is InChI=1S/C9H13BrN2O/c1-9(2,3)6-5-7(13-4)11-12-8(6)10/h5H,1-4H3. The van der Waals surface area contributed by atoms with Gasteiger partial charge in [0, 0.05) is 6.07 Å². The van der Waals surface area contributed by atoms with Crippen molar-refractivity contribution >= 4 is 15.9 Å². The second kappa shape index (κ2) is 3.62. The summed E-state index contributed by atoms with van der Waals surface area (Å²) >= 11 is 3.37. The van der Waals surface area contributed by atoms with Crippen molar-refractivity contribution in [1.29, 1.82) is 0 Å². The summed E-state index contributed by atoms with van der Waals surface area (Å²) in [7, 11) is 1.59. The summed E-state index contributed by atoms with van der Waals surface area (Å²) in [5.74, 6) is 0.549. The third kappa shape index (κ3) is 2.40. The average molecular weight is 245 g/mol. The highest BCUT2D eigenvalue weighted by atomic mass is 79.9. The minimum Gasteiger partial charge on any atom is -0.480 e. The number of hydrogen-bond acceptors (Lipinski definition) is 3. The Hall–Kier alpha value is -0.640. The Labute approximate surface area is 86.6 Å². The van der Waals surface area contributed by atoms with Crippen molar-refractivity contribution in [2.24, 2.45) is 0 Å². The van der Waals surface area contributed by atoms with Gasteiger partial charge in [0.1, 0.15) is 4.60 Å². The molecule has 0 radical (unpaired) electrons. The Kier molecular flexibility index (Phi) is 2.91. The molecule has 1 rings (SSSR count). The third-order valence-electron chi connectivity index (χ3n) is 1.74. The van der Waals surface area contributed by atoms with Gasteiger partial charge in [-0.25, -0.2) is 0 Å². The molecule has 0 bridgehead atoms. The van der Waals surface area contributed by atoms with Crippen LogP contribution in [-0.2, 0) is 5.41 Å². The van der Waals surface area contributed by atoms with Crippen LogP contribution in [0, 0.1) is 0 Å².